The third-order valence-electron chi connectivity index (χ3n) is 4.93. The fraction of sp³-hybridized carbons (Fsp3) is 0.632. The molecule has 4 nitrogen and oxygen atoms in total. The third-order valence-corrected chi connectivity index (χ3v) is 5.99. The molecule has 0 spiro atoms. The number of thioether (sulfide) groups is 1. The van der Waals surface area contributed by atoms with Crippen LogP contribution in [0.3, 0.4) is 0 Å². The Morgan fingerprint density at radius 3 is 2.83 bits per heavy atom. The predicted octanol–water partition coefficient (Wildman–Crippen LogP) is 3.31. The van der Waals surface area contributed by atoms with Crippen LogP contribution in [0, 0.1) is 0 Å². The van der Waals surface area contributed by atoms with E-state index in [0.717, 1.165) is 44.0 Å². The standard InChI is InChI=1S/C19H27NO3S/c1-22-17-7-5-15(6-8-17)16-9-10-20(12-16)19(21)14-24-13-18-4-2-3-11-23-18/h5-8,16,18H,2-4,9-14H2,1H3/t16-,18+/m1/s1. The van der Waals surface area contributed by atoms with Crippen molar-refractivity contribution >= 4 is 17.7 Å². The van der Waals surface area contributed by atoms with E-state index in [0.29, 0.717) is 17.8 Å². The number of hydrogen-bond donors (Lipinski definition) is 0. The topological polar surface area (TPSA) is 38.8 Å². The molecule has 0 bridgehead atoms. The largest absolute Gasteiger partial charge is 0.497 e. The van der Waals surface area contributed by atoms with Crippen LogP contribution in [-0.2, 0) is 9.53 Å². The summed E-state index contributed by atoms with van der Waals surface area (Å²) in [7, 11) is 1.68. The van der Waals surface area contributed by atoms with Crippen molar-refractivity contribution in [2.24, 2.45) is 0 Å². The van der Waals surface area contributed by atoms with Crippen LogP contribution in [-0.4, -0.2) is 55.2 Å². The molecule has 0 aliphatic carbocycles. The lowest BCUT2D eigenvalue weighted by Crippen LogP contribution is -2.30. The van der Waals surface area contributed by atoms with E-state index in [1.54, 1.807) is 18.9 Å². The summed E-state index contributed by atoms with van der Waals surface area (Å²) in [6.45, 7) is 2.59. The Labute approximate surface area is 148 Å². The van der Waals surface area contributed by atoms with Crippen LogP contribution in [0.1, 0.15) is 37.2 Å². The van der Waals surface area contributed by atoms with E-state index in [1.165, 1.54) is 18.4 Å². The highest BCUT2D eigenvalue weighted by molar-refractivity contribution is 7.99. The summed E-state index contributed by atoms with van der Waals surface area (Å²) >= 11 is 1.72. The van der Waals surface area contributed by atoms with Crippen LogP contribution in [0.15, 0.2) is 24.3 Å². The number of nitrogens with zero attached hydrogens (tertiary/aromatic N) is 1. The van der Waals surface area contributed by atoms with Gasteiger partial charge in [0.05, 0.1) is 19.0 Å². The molecule has 3 rings (SSSR count). The minimum Gasteiger partial charge on any atom is -0.497 e. The summed E-state index contributed by atoms with van der Waals surface area (Å²) in [5.74, 6) is 3.13. The Kier molecular flexibility index (Phi) is 6.44. The number of ether oxygens (including phenoxy) is 2. The number of benzene rings is 1. The van der Waals surface area contributed by atoms with Gasteiger partial charge in [0, 0.05) is 31.4 Å². The fourth-order valence-corrected chi connectivity index (χ4v) is 4.44. The van der Waals surface area contributed by atoms with Crippen LogP contribution < -0.4 is 4.74 Å². The Morgan fingerprint density at radius 2 is 2.12 bits per heavy atom. The molecule has 2 saturated heterocycles. The second-order valence-electron chi connectivity index (χ2n) is 6.60. The van der Waals surface area contributed by atoms with E-state index in [2.05, 4.69) is 12.1 Å². The SMILES string of the molecule is COc1ccc([C@@H]2CCN(C(=O)CSC[C@@H]3CCCCO3)C2)cc1. The first kappa shape index (κ1) is 17.6. The van der Waals surface area contributed by atoms with E-state index in [-0.39, 0.29) is 5.91 Å². The normalized spacial score (nSPS) is 24.1. The molecular formula is C19H27NO3S. The predicted molar refractivity (Wildman–Crippen MR) is 97.8 cm³/mol. The molecule has 0 saturated carbocycles. The maximum atomic E-state index is 12.4. The molecule has 5 heteroatoms. The Morgan fingerprint density at radius 1 is 1.29 bits per heavy atom. The number of hydrogen-bond acceptors (Lipinski definition) is 4. The lowest BCUT2D eigenvalue weighted by molar-refractivity contribution is -0.127. The summed E-state index contributed by atoms with van der Waals surface area (Å²) < 4.78 is 10.9. The van der Waals surface area contributed by atoms with Crippen molar-refractivity contribution in [1.82, 2.24) is 4.90 Å². The van der Waals surface area contributed by atoms with Crippen molar-refractivity contribution in [3.63, 3.8) is 0 Å². The Balaban J connectivity index is 1.41. The average Bonchev–Trinajstić information content (AvgIpc) is 3.13. The van der Waals surface area contributed by atoms with Gasteiger partial charge in [-0.25, -0.2) is 0 Å². The van der Waals surface area contributed by atoms with Crippen LogP contribution >= 0.6 is 11.8 Å². The number of carbonyl (C=O) groups excluding carboxylic acids is 1. The molecule has 2 heterocycles. The minimum atomic E-state index is 0.270. The van der Waals surface area contributed by atoms with Gasteiger partial charge in [-0.1, -0.05) is 12.1 Å². The van der Waals surface area contributed by atoms with E-state index in [4.69, 9.17) is 9.47 Å². The highest BCUT2D eigenvalue weighted by Crippen LogP contribution is 2.29. The highest BCUT2D eigenvalue weighted by atomic mass is 32.2. The van der Waals surface area contributed by atoms with Crippen molar-refractivity contribution in [2.75, 3.05) is 38.3 Å². The second-order valence-corrected chi connectivity index (χ2v) is 7.63. The summed E-state index contributed by atoms with van der Waals surface area (Å²) in [5, 5.41) is 0. The number of rotatable bonds is 6. The van der Waals surface area contributed by atoms with Crippen molar-refractivity contribution < 1.29 is 14.3 Å². The molecule has 132 valence electrons. The van der Waals surface area contributed by atoms with Gasteiger partial charge in [0.15, 0.2) is 0 Å². The lowest BCUT2D eigenvalue weighted by Gasteiger charge is -2.22. The van der Waals surface area contributed by atoms with Crippen LogP contribution in [0.5, 0.6) is 5.75 Å². The van der Waals surface area contributed by atoms with E-state index in [1.807, 2.05) is 17.0 Å². The highest BCUT2D eigenvalue weighted by Gasteiger charge is 2.27. The zero-order valence-electron chi connectivity index (χ0n) is 14.4. The van der Waals surface area contributed by atoms with Crippen LogP contribution in [0.2, 0.25) is 0 Å². The quantitative estimate of drug-likeness (QED) is 0.790. The van der Waals surface area contributed by atoms with Crippen molar-refractivity contribution in [3.05, 3.63) is 29.8 Å². The Hall–Kier alpha value is -1.20. The smallest absolute Gasteiger partial charge is 0.232 e. The molecule has 1 amide bonds. The zero-order chi connectivity index (χ0) is 16.8. The summed E-state index contributed by atoms with van der Waals surface area (Å²) in [6, 6.07) is 8.24. The molecular weight excluding hydrogens is 322 g/mol. The molecule has 0 N–H and O–H groups in total. The average molecular weight is 349 g/mol. The molecule has 1 aromatic rings. The number of likely N-dealkylation sites (tertiary alicyclic amines) is 1. The monoisotopic (exact) mass is 349 g/mol. The molecule has 0 unspecified atom stereocenters. The van der Waals surface area contributed by atoms with Crippen molar-refractivity contribution in [2.45, 2.75) is 37.7 Å². The first-order valence-electron chi connectivity index (χ1n) is 8.87. The zero-order valence-corrected chi connectivity index (χ0v) is 15.2. The van der Waals surface area contributed by atoms with Crippen molar-refractivity contribution in [1.29, 1.82) is 0 Å². The third kappa shape index (κ3) is 4.67. The minimum absolute atomic E-state index is 0.270. The number of methoxy groups -OCH3 is 1. The number of amides is 1. The maximum absolute atomic E-state index is 12.4. The van der Waals surface area contributed by atoms with Gasteiger partial charge in [-0.2, -0.15) is 0 Å². The summed E-state index contributed by atoms with van der Waals surface area (Å²) in [4.78, 5) is 14.4. The molecule has 1 aromatic carbocycles. The summed E-state index contributed by atoms with van der Waals surface area (Å²) in [5.41, 5.74) is 1.30. The Bertz CT molecular complexity index is 528. The van der Waals surface area contributed by atoms with E-state index < -0.39 is 0 Å². The van der Waals surface area contributed by atoms with Gasteiger partial charge < -0.3 is 14.4 Å². The maximum Gasteiger partial charge on any atom is 0.232 e. The lowest BCUT2D eigenvalue weighted by atomic mass is 9.98. The molecule has 2 fully saturated rings. The molecule has 2 aliphatic rings. The van der Waals surface area contributed by atoms with Crippen molar-refractivity contribution in [3.8, 4) is 5.75 Å². The molecule has 2 atom stereocenters. The van der Waals surface area contributed by atoms with Gasteiger partial charge in [-0.3, -0.25) is 4.79 Å². The number of carbonyl (C=O) groups is 1. The molecule has 0 aromatic heterocycles. The van der Waals surface area contributed by atoms with Gasteiger partial charge in [-0.15, -0.1) is 11.8 Å². The van der Waals surface area contributed by atoms with Gasteiger partial charge in [0.1, 0.15) is 5.75 Å². The first-order valence-corrected chi connectivity index (χ1v) is 10.0. The fourth-order valence-electron chi connectivity index (χ4n) is 3.44. The summed E-state index contributed by atoms with van der Waals surface area (Å²) in [6.07, 6.45) is 4.98. The van der Waals surface area contributed by atoms with Gasteiger partial charge in [0.2, 0.25) is 5.91 Å². The molecule has 2 aliphatic heterocycles. The van der Waals surface area contributed by atoms with E-state index >= 15 is 0 Å². The first-order chi connectivity index (χ1) is 11.8. The molecule has 0 radical (unpaired) electrons. The second kappa shape index (κ2) is 8.77. The van der Waals surface area contributed by atoms with Gasteiger partial charge in [-0.05, 0) is 43.4 Å². The molecule has 24 heavy (non-hydrogen) atoms. The van der Waals surface area contributed by atoms with E-state index in [9.17, 15) is 4.79 Å². The van der Waals surface area contributed by atoms with Crippen LogP contribution in [0.4, 0.5) is 0 Å². The van der Waals surface area contributed by atoms with Crippen LogP contribution in [0.25, 0.3) is 0 Å². The van der Waals surface area contributed by atoms with Gasteiger partial charge in [0.25, 0.3) is 0 Å². The van der Waals surface area contributed by atoms with Gasteiger partial charge >= 0.3 is 0 Å².